The van der Waals surface area contributed by atoms with Gasteiger partial charge < -0.3 is 4.90 Å². The maximum atomic E-state index is 5.35. The third-order valence-electron chi connectivity index (χ3n) is 2.82. The van der Waals surface area contributed by atoms with Crippen LogP contribution in [0.1, 0.15) is 12.8 Å². The summed E-state index contributed by atoms with van der Waals surface area (Å²) in [4.78, 5) is 10.8. The Morgan fingerprint density at radius 3 is 2.88 bits per heavy atom. The van der Waals surface area contributed by atoms with Crippen molar-refractivity contribution in [2.24, 2.45) is 5.84 Å². The van der Waals surface area contributed by atoms with Gasteiger partial charge in [0, 0.05) is 13.1 Å². The summed E-state index contributed by atoms with van der Waals surface area (Å²) in [5.74, 6) is 6.67. The number of nitrogens with one attached hydrogen (secondary N) is 2. The fourth-order valence-corrected chi connectivity index (χ4v) is 2.05. The first-order chi connectivity index (χ1) is 7.88. The zero-order valence-corrected chi connectivity index (χ0v) is 8.77. The predicted molar refractivity (Wildman–Crippen MR) is 60.9 cm³/mol. The number of aromatic amines is 1. The maximum absolute atomic E-state index is 5.35. The number of nitrogens with two attached hydrogens (primary N) is 1. The standard InChI is InChI=1S/C9H13N7/c10-14-9-12-7-6(5-11-15-7)8(13-9)16-3-1-2-4-16/h5H,1-4,10H2,(H2,11,12,13,14,15). The van der Waals surface area contributed by atoms with Gasteiger partial charge in [-0.1, -0.05) is 0 Å². The molecule has 0 amide bonds. The molecule has 0 unspecified atom stereocenters. The SMILES string of the molecule is NNc1nc(N2CCCC2)c2cn[nH]c2n1. The van der Waals surface area contributed by atoms with Crippen LogP contribution in [0, 0.1) is 0 Å². The number of H-pyrrole nitrogens is 1. The van der Waals surface area contributed by atoms with E-state index < -0.39 is 0 Å². The van der Waals surface area contributed by atoms with Crippen LogP contribution in [0.15, 0.2) is 6.20 Å². The minimum Gasteiger partial charge on any atom is -0.356 e. The number of anilines is 2. The molecule has 4 N–H and O–H groups in total. The van der Waals surface area contributed by atoms with Crippen molar-refractivity contribution in [1.29, 1.82) is 0 Å². The summed E-state index contributed by atoms with van der Waals surface area (Å²) in [7, 11) is 0. The maximum Gasteiger partial charge on any atom is 0.241 e. The van der Waals surface area contributed by atoms with E-state index in [1.165, 1.54) is 12.8 Å². The number of hydrogen-bond acceptors (Lipinski definition) is 6. The van der Waals surface area contributed by atoms with E-state index in [0.717, 1.165) is 24.3 Å². The summed E-state index contributed by atoms with van der Waals surface area (Å²) in [5, 5.41) is 7.77. The minimum atomic E-state index is 0.415. The van der Waals surface area contributed by atoms with Crippen LogP contribution < -0.4 is 16.2 Å². The molecule has 84 valence electrons. The Morgan fingerprint density at radius 2 is 2.12 bits per heavy atom. The number of rotatable bonds is 2. The highest BCUT2D eigenvalue weighted by atomic mass is 15.3. The van der Waals surface area contributed by atoms with Crippen LogP contribution >= 0.6 is 0 Å². The average Bonchev–Trinajstić information content (AvgIpc) is 2.98. The van der Waals surface area contributed by atoms with E-state index in [1.807, 2.05) is 0 Å². The molecule has 0 spiro atoms. The second-order valence-electron chi connectivity index (χ2n) is 3.84. The first-order valence-electron chi connectivity index (χ1n) is 5.31. The Balaban J connectivity index is 2.15. The van der Waals surface area contributed by atoms with Crippen LogP contribution in [0.3, 0.4) is 0 Å². The molecule has 1 fully saturated rings. The largest absolute Gasteiger partial charge is 0.356 e. The topological polar surface area (TPSA) is 95.7 Å². The normalized spacial score (nSPS) is 15.9. The van der Waals surface area contributed by atoms with Crippen LogP contribution in [0.25, 0.3) is 11.0 Å². The molecule has 2 aromatic heterocycles. The Labute approximate surface area is 92.0 Å². The molecule has 16 heavy (non-hydrogen) atoms. The Kier molecular flexibility index (Phi) is 2.10. The summed E-state index contributed by atoms with van der Waals surface area (Å²) in [6.45, 7) is 2.06. The van der Waals surface area contributed by atoms with E-state index in [9.17, 15) is 0 Å². The van der Waals surface area contributed by atoms with Crippen molar-refractivity contribution >= 4 is 22.8 Å². The van der Waals surface area contributed by atoms with E-state index >= 15 is 0 Å². The molecule has 0 aromatic carbocycles. The van der Waals surface area contributed by atoms with Crippen molar-refractivity contribution in [2.75, 3.05) is 23.4 Å². The zero-order valence-electron chi connectivity index (χ0n) is 8.77. The van der Waals surface area contributed by atoms with Gasteiger partial charge in [0.1, 0.15) is 5.82 Å². The number of fused-ring (bicyclic) bond motifs is 1. The average molecular weight is 219 g/mol. The van der Waals surface area contributed by atoms with Gasteiger partial charge in [-0.2, -0.15) is 15.1 Å². The van der Waals surface area contributed by atoms with Crippen molar-refractivity contribution in [3.8, 4) is 0 Å². The van der Waals surface area contributed by atoms with Gasteiger partial charge in [-0.15, -0.1) is 0 Å². The quantitative estimate of drug-likeness (QED) is 0.494. The number of hydrogen-bond donors (Lipinski definition) is 3. The molecule has 0 radical (unpaired) electrons. The highest BCUT2D eigenvalue weighted by molar-refractivity contribution is 5.87. The van der Waals surface area contributed by atoms with Crippen LogP contribution in [-0.2, 0) is 0 Å². The molecule has 0 aliphatic carbocycles. The van der Waals surface area contributed by atoms with Crippen molar-refractivity contribution in [2.45, 2.75) is 12.8 Å². The number of nitrogens with zero attached hydrogens (tertiary/aromatic N) is 4. The fourth-order valence-electron chi connectivity index (χ4n) is 2.05. The van der Waals surface area contributed by atoms with E-state index in [1.54, 1.807) is 6.20 Å². The number of hydrazine groups is 1. The van der Waals surface area contributed by atoms with Crippen LogP contribution in [0.5, 0.6) is 0 Å². The van der Waals surface area contributed by atoms with E-state index in [4.69, 9.17) is 5.84 Å². The lowest BCUT2D eigenvalue weighted by molar-refractivity contribution is 0.938. The molecule has 3 rings (SSSR count). The zero-order chi connectivity index (χ0) is 11.0. The molecular weight excluding hydrogens is 206 g/mol. The Bertz CT molecular complexity index is 500. The minimum absolute atomic E-state index is 0.415. The van der Waals surface area contributed by atoms with Crippen LogP contribution in [-0.4, -0.2) is 33.3 Å². The molecule has 3 heterocycles. The van der Waals surface area contributed by atoms with Crippen molar-refractivity contribution in [1.82, 2.24) is 20.2 Å². The number of nitrogen functional groups attached to an aromatic ring is 1. The molecule has 2 aromatic rings. The third kappa shape index (κ3) is 1.36. The lowest BCUT2D eigenvalue weighted by atomic mass is 10.3. The molecule has 1 aliphatic heterocycles. The Morgan fingerprint density at radius 1 is 1.31 bits per heavy atom. The monoisotopic (exact) mass is 219 g/mol. The first-order valence-corrected chi connectivity index (χ1v) is 5.31. The second-order valence-corrected chi connectivity index (χ2v) is 3.84. The van der Waals surface area contributed by atoms with Gasteiger partial charge in [0.25, 0.3) is 0 Å². The molecule has 1 aliphatic rings. The van der Waals surface area contributed by atoms with Gasteiger partial charge in [-0.3, -0.25) is 10.5 Å². The van der Waals surface area contributed by atoms with Gasteiger partial charge in [0.2, 0.25) is 5.95 Å². The van der Waals surface area contributed by atoms with Gasteiger partial charge in [0.15, 0.2) is 5.65 Å². The smallest absolute Gasteiger partial charge is 0.241 e. The predicted octanol–water partition coefficient (Wildman–Crippen LogP) is 0.239. The highest BCUT2D eigenvalue weighted by Gasteiger charge is 2.18. The first kappa shape index (κ1) is 9.34. The molecule has 0 saturated carbocycles. The van der Waals surface area contributed by atoms with E-state index in [2.05, 4.69) is 30.5 Å². The molecule has 1 saturated heterocycles. The van der Waals surface area contributed by atoms with Gasteiger partial charge in [-0.25, -0.2) is 5.84 Å². The van der Waals surface area contributed by atoms with Crippen molar-refractivity contribution < 1.29 is 0 Å². The molecule has 0 bridgehead atoms. The van der Waals surface area contributed by atoms with Gasteiger partial charge >= 0.3 is 0 Å². The Hall–Kier alpha value is -1.89. The summed E-state index contributed by atoms with van der Waals surface area (Å²) in [6, 6.07) is 0. The van der Waals surface area contributed by atoms with Gasteiger partial charge in [0.05, 0.1) is 11.6 Å². The van der Waals surface area contributed by atoms with Crippen molar-refractivity contribution in [3.05, 3.63) is 6.20 Å². The van der Waals surface area contributed by atoms with Crippen molar-refractivity contribution in [3.63, 3.8) is 0 Å². The molecule has 7 nitrogen and oxygen atoms in total. The molecule has 0 atom stereocenters. The summed E-state index contributed by atoms with van der Waals surface area (Å²) < 4.78 is 0. The van der Waals surface area contributed by atoms with Crippen LogP contribution in [0.2, 0.25) is 0 Å². The highest BCUT2D eigenvalue weighted by Crippen LogP contribution is 2.26. The molecular formula is C9H13N7. The lowest BCUT2D eigenvalue weighted by Gasteiger charge is -2.17. The summed E-state index contributed by atoms with van der Waals surface area (Å²) in [6.07, 6.45) is 4.16. The summed E-state index contributed by atoms with van der Waals surface area (Å²) >= 11 is 0. The molecule has 7 heteroatoms. The third-order valence-corrected chi connectivity index (χ3v) is 2.82. The number of aromatic nitrogens is 4. The fraction of sp³-hybridized carbons (Fsp3) is 0.444. The van der Waals surface area contributed by atoms with Crippen LogP contribution in [0.4, 0.5) is 11.8 Å². The van der Waals surface area contributed by atoms with E-state index in [0.29, 0.717) is 11.6 Å². The summed E-state index contributed by atoms with van der Waals surface area (Å²) in [5.41, 5.74) is 3.19. The second kappa shape index (κ2) is 3.60. The lowest BCUT2D eigenvalue weighted by Crippen LogP contribution is -2.21. The van der Waals surface area contributed by atoms with E-state index in [-0.39, 0.29) is 0 Å². The van der Waals surface area contributed by atoms with Gasteiger partial charge in [-0.05, 0) is 12.8 Å².